The number of aromatic nitrogens is 1. The van der Waals surface area contributed by atoms with Crippen LogP contribution in [0.1, 0.15) is 11.1 Å². The molecule has 1 aliphatic heterocycles. The number of benzene rings is 2. The molecule has 4 rings (SSSR count). The average molecular weight is 497 g/mol. The number of ether oxygens (including phenoxy) is 2. The molecule has 2 heterocycles. The van der Waals surface area contributed by atoms with E-state index in [1.165, 1.54) is 12.1 Å². The van der Waals surface area contributed by atoms with Crippen molar-refractivity contribution in [3.05, 3.63) is 71.8 Å². The third-order valence-corrected chi connectivity index (χ3v) is 6.11. The highest BCUT2D eigenvalue weighted by molar-refractivity contribution is 5.68. The smallest absolute Gasteiger partial charge is 0.432 e. The summed E-state index contributed by atoms with van der Waals surface area (Å²) in [6, 6.07) is 18.1. The summed E-state index contributed by atoms with van der Waals surface area (Å²) in [6.45, 7) is 4.26. The van der Waals surface area contributed by atoms with Crippen LogP contribution in [0.15, 0.2) is 60.7 Å². The first-order valence-corrected chi connectivity index (χ1v) is 11.7. The topological polar surface area (TPSA) is 109 Å². The maximum absolute atomic E-state index is 12.6. The zero-order chi connectivity index (χ0) is 25.5. The Morgan fingerprint density at radius 1 is 0.806 bits per heavy atom. The van der Waals surface area contributed by atoms with Gasteiger partial charge in [0.15, 0.2) is 0 Å². The highest BCUT2D eigenvalue weighted by Crippen LogP contribution is 2.19. The Bertz CT molecular complexity index is 1050. The zero-order valence-electron chi connectivity index (χ0n) is 20.5. The standard InChI is InChI=1S/C26H32N4O6/c1-34-22-7-3-19(4-8-22)15-28-13-14-29(16-20-5-9-23(35-2)10-6-20)18-21(17-28)27-26(33)36-30-24(31)11-12-25(30)32/h3-12,21,31-32H,13-18H2,1-2H3,(H,27,33). The van der Waals surface area contributed by atoms with Crippen LogP contribution in [0.5, 0.6) is 23.3 Å². The normalized spacial score (nSPS) is 15.3. The van der Waals surface area contributed by atoms with Gasteiger partial charge in [-0.15, -0.1) is 4.73 Å². The quantitative estimate of drug-likeness (QED) is 0.437. The molecule has 1 saturated heterocycles. The average Bonchev–Trinajstić information content (AvgIpc) is 3.07. The Labute approximate surface area is 210 Å². The van der Waals surface area contributed by atoms with Crippen LogP contribution in [0.4, 0.5) is 4.79 Å². The number of carbonyl (C=O) groups is 1. The van der Waals surface area contributed by atoms with Crippen LogP contribution in [0, 0.1) is 0 Å². The molecule has 0 spiro atoms. The largest absolute Gasteiger partial charge is 0.497 e. The first-order chi connectivity index (χ1) is 17.4. The van der Waals surface area contributed by atoms with Crippen LogP contribution in [-0.2, 0) is 13.1 Å². The molecule has 0 aliphatic carbocycles. The van der Waals surface area contributed by atoms with Gasteiger partial charge in [-0.2, -0.15) is 0 Å². The van der Waals surface area contributed by atoms with Crippen LogP contribution < -0.4 is 19.6 Å². The Hall–Kier alpha value is -3.89. The number of hydrogen-bond acceptors (Lipinski definition) is 8. The van der Waals surface area contributed by atoms with Gasteiger partial charge in [0, 0.05) is 51.4 Å². The van der Waals surface area contributed by atoms with Crippen molar-refractivity contribution in [2.24, 2.45) is 0 Å². The highest BCUT2D eigenvalue weighted by Gasteiger charge is 2.26. The van der Waals surface area contributed by atoms with E-state index in [0.29, 0.717) is 30.9 Å². The Morgan fingerprint density at radius 3 is 1.67 bits per heavy atom. The number of methoxy groups -OCH3 is 2. The van der Waals surface area contributed by atoms with Gasteiger partial charge in [0.2, 0.25) is 11.8 Å². The van der Waals surface area contributed by atoms with Crippen LogP contribution >= 0.6 is 0 Å². The minimum Gasteiger partial charge on any atom is -0.497 e. The van der Waals surface area contributed by atoms with Crippen molar-refractivity contribution in [2.75, 3.05) is 40.4 Å². The van der Waals surface area contributed by atoms with Gasteiger partial charge in [-0.05, 0) is 35.4 Å². The summed E-state index contributed by atoms with van der Waals surface area (Å²) in [7, 11) is 3.29. The van der Waals surface area contributed by atoms with Gasteiger partial charge in [-0.3, -0.25) is 9.80 Å². The van der Waals surface area contributed by atoms with Gasteiger partial charge in [-0.25, -0.2) is 4.79 Å². The number of carbonyl (C=O) groups excluding carboxylic acids is 1. The molecule has 10 heteroatoms. The third-order valence-electron chi connectivity index (χ3n) is 6.11. The van der Waals surface area contributed by atoms with Gasteiger partial charge in [0.05, 0.1) is 20.3 Å². The molecule has 0 unspecified atom stereocenters. The van der Waals surface area contributed by atoms with E-state index < -0.39 is 6.09 Å². The summed E-state index contributed by atoms with van der Waals surface area (Å²) in [5.74, 6) is 0.870. The second kappa shape index (κ2) is 11.7. The lowest BCUT2D eigenvalue weighted by atomic mass is 10.2. The molecule has 192 valence electrons. The number of aromatic hydroxyl groups is 2. The number of nitrogens with zero attached hydrogens (tertiary/aromatic N) is 3. The van der Waals surface area contributed by atoms with E-state index >= 15 is 0 Å². The number of amides is 1. The van der Waals surface area contributed by atoms with Crippen LogP contribution in [-0.4, -0.2) is 77.3 Å². The molecule has 0 radical (unpaired) electrons. The molecule has 0 bridgehead atoms. The van der Waals surface area contributed by atoms with E-state index in [9.17, 15) is 15.0 Å². The Morgan fingerprint density at radius 2 is 1.25 bits per heavy atom. The third kappa shape index (κ3) is 6.61. The number of rotatable bonds is 8. The van der Waals surface area contributed by atoms with Crippen molar-refractivity contribution >= 4 is 6.09 Å². The van der Waals surface area contributed by atoms with Crippen LogP contribution in [0.3, 0.4) is 0 Å². The second-order valence-electron chi connectivity index (χ2n) is 8.73. The molecule has 1 aliphatic rings. The molecule has 2 aromatic carbocycles. The lowest BCUT2D eigenvalue weighted by molar-refractivity contribution is 0.102. The number of hydrogen-bond donors (Lipinski definition) is 3. The predicted molar refractivity (Wildman–Crippen MR) is 133 cm³/mol. The van der Waals surface area contributed by atoms with Crippen molar-refractivity contribution in [3.8, 4) is 23.3 Å². The molecule has 36 heavy (non-hydrogen) atoms. The SMILES string of the molecule is COc1ccc(CN2CCN(Cc3ccc(OC)cc3)CC(NC(=O)On3c(O)ccc3O)C2)cc1. The van der Waals surface area contributed by atoms with Gasteiger partial charge >= 0.3 is 6.09 Å². The summed E-state index contributed by atoms with van der Waals surface area (Å²) in [5.41, 5.74) is 2.28. The van der Waals surface area contributed by atoms with Gasteiger partial charge in [-0.1, -0.05) is 24.3 Å². The molecular formula is C26H32N4O6. The molecular weight excluding hydrogens is 464 g/mol. The fourth-order valence-corrected chi connectivity index (χ4v) is 4.27. The lowest BCUT2D eigenvalue weighted by Crippen LogP contribution is -2.48. The van der Waals surface area contributed by atoms with Crippen molar-refractivity contribution < 1.29 is 29.3 Å². The maximum Gasteiger partial charge on any atom is 0.432 e. The van der Waals surface area contributed by atoms with E-state index in [1.54, 1.807) is 14.2 Å². The molecule has 0 saturated carbocycles. The summed E-state index contributed by atoms with van der Waals surface area (Å²) in [4.78, 5) is 22.3. The van der Waals surface area contributed by atoms with E-state index in [4.69, 9.17) is 14.3 Å². The Balaban J connectivity index is 1.45. The fraction of sp³-hybridized carbons (Fsp3) is 0.346. The molecule has 1 fully saturated rings. The second-order valence-corrected chi connectivity index (χ2v) is 8.73. The summed E-state index contributed by atoms with van der Waals surface area (Å²) in [5, 5.41) is 22.5. The van der Waals surface area contributed by atoms with Gasteiger partial charge in [0.25, 0.3) is 0 Å². The van der Waals surface area contributed by atoms with Crippen LogP contribution in [0.2, 0.25) is 0 Å². The minimum absolute atomic E-state index is 0.253. The summed E-state index contributed by atoms with van der Waals surface area (Å²) >= 11 is 0. The van der Waals surface area contributed by atoms with Crippen molar-refractivity contribution in [3.63, 3.8) is 0 Å². The minimum atomic E-state index is -0.766. The molecule has 1 aromatic heterocycles. The van der Waals surface area contributed by atoms with E-state index in [1.807, 2.05) is 48.5 Å². The molecule has 3 N–H and O–H groups in total. The highest BCUT2D eigenvalue weighted by atomic mass is 16.7. The monoisotopic (exact) mass is 496 g/mol. The molecule has 0 atom stereocenters. The predicted octanol–water partition coefficient (Wildman–Crippen LogP) is 2.44. The number of nitrogens with one attached hydrogen (secondary N) is 1. The van der Waals surface area contributed by atoms with Crippen molar-refractivity contribution in [1.82, 2.24) is 19.8 Å². The van der Waals surface area contributed by atoms with Gasteiger partial charge < -0.3 is 29.8 Å². The van der Waals surface area contributed by atoms with Crippen LogP contribution in [0.25, 0.3) is 0 Å². The van der Waals surface area contributed by atoms with Gasteiger partial charge in [0.1, 0.15) is 11.5 Å². The Kier molecular flexibility index (Phi) is 8.19. The molecule has 3 aromatic rings. The van der Waals surface area contributed by atoms with E-state index in [-0.39, 0.29) is 17.8 Å². The molecule has 1 amide bonds. The first kappa shape index (κ1) is 25.2. The molecule has 10 nitrogen and oxygen atoms in total. The zero-order valence-corrected chi connectivity index (χ0v) is 20.5. The fourth-order valence-electron chi connectivity index (χ4n) is 4.27. The van der Waals surface area contributed by atoms with E-state index in [2.05, 4.69) is 15.1 Å². The summed E-state index contributed by atoms with van der Waals surface area (Å²) < 4.78 is 11.2. The first-order valence-electron chi connectivity index (χ1n) is 11.7. The lowest BCUT2D eigenvalue weighted by Gasteiger charge is -2.25. The summed E-state index contributed by atoms with van der Waals surface area (Å²) in [6.07, 6.45) is -0.766. The maximum atomic E-state index is 12.6. The van der Waals surface area contributed by atoms with E-state index in [0.717, 1.165) is 35.7 Å². The van der Waals surface area contributed by atoms with Crippen molar-refractivity contribution in [2.45, 2.75) is 19.1 Å². The van der Waals surface area contributed by atoms with Crippen molar-refractivity contribution in [1.29, 1.82) is 0 Å².